The number of para-hydroxylation sites is 1. The van der Waals surface area contributed by atoms with E-state index in [-0.39, 0.29) is 6.10 Å². The van der Waals surface area contributed by atoms with Crippen LogP contribution in [-0.4, -0.2) is 25.1 Å². The summed E-state index contributed by atoms with van der Waals surface area (Å²) in [6.45, 7) is 1.79. The number of carbonyl (C=O) groups is 1. The highest BCUT2D eigenvalue weighted by molar-refractivity contribution is 5.95. The highest BCUT2D eigenvalue weighted by Crippen LogP contribution is 2.20. The summed E-state index contributed by atoms with van der Waals surface area (Å²) in [5.74, 6) is 0.134. The van der Waals surface area contributed by atoms with Gasteiger partial charge in [0.15, 0.2) is 0 Å². The second-order valence-electron chi connectivity index (χ2n) is 3.59. The average Bonchev–Trinajstić information content (AvgIpc) is 2.71. The van der Waals surface area contributed by atoms with Gasteiger partial charge in [0, 0.05) is 6.54 Å². The van der Waals surface area contributed by atoms with Crippen molar-refractivity contribution in [3.8, 4) is 5.75 Å². The number of amides is 1. The third kappa shape index (κ3) is 2.27. The first-order valence-electron chi connectivity index (χ1n) is 5.03. The monoisotopic (exact) mass is 206 g/mol. The van der Waals surface area contributed by atoms with Crippen molar-refractivity contribution in [3.05, 3.63) is 29.8 Å². The first-order chi connectivity index (χ1) is 7.27. The molecule has 1 heterocycles. The zero-order valence-electron chi connectivity index (χ0n) is 8.40. The molecule has 0 radical (unpaired) electrons. The van der Waals surface area contributed by atoms with E-state index in [0.29, 0.717) is 11.3 Å². The molecule has 0 spiro atoms. The molecule has 80 valence electrons. The van der Waals surface area contributed by atoms with Crippen LogP contribution in [0.4, 0.5) is 0 Å². The summed E-state index contributed by atoms with van der Waals surface area (Å²) in [6.07, 6.45) is 1.11. The Kier molecular flexibility index (Phi) is 2.87. The fraction of sp³-hybridized carbons (Fsp3) is 0.364. The number of benzene rings is 1. The van der Waals surface area contributed by atoms with Crippen molar-refractivity contribution in [3.63, 3.8) is 0 Å². The first-order valence-corrected chi connectivity index (χ1v) is 5.03. The lowest BCUT2D eigenvalue weighted by Gasteiger charge is -2.14. The van der Waals surface area contributed by atoms with Crippen molar-refractivity contribution in [2.75, 3.05) is 13.1 Å². The van der Waals surface area contributed by atoms with E-state index in [4.69, 9.17) is 10.5 Å². The van der Waals surface area contributed by atoms with Crippen LogP contribution in [0, 0.1) is 0 Å². The molecule has 0 aliphatic carbocycles. The number of ether oxygens (including phenoxy) is 1. The molecule has 1 atom stereocenters. The minimum absolute atomic E-state index is 0.144. The third-order valence-electron chi connectivity index (χ3n) is 2.46. The Hall–Kier alpha value is -1.55. The lowest BCUT2D eigenvalue weighted by molar-refractivity contribution is 0.0994. The summed E-state index contributed by atoms with van der Waals surface area (Å²) in [4.78, 5) is 11.1. The lowest BCUT2D eigenvalue weighted by Crippen LogP contribution is -2.21. The molecule has 1 aromatic carbocycles. The Morgan fingerprint density at radius 3 is 2.93 bits per heavy atom. The number of hydrogen-bond acceptors (Lipinski definition) is 3. The largest absolute Gasteiger partial charge is 0.488 e. The lowest BCUT2D eigenvalue weighted by atomic mass is 10.2. The second-order valence-corrected chi connectivity index (χ2v) is 3.59. The summed E-state index contributed by atoms with van der Waals surface area (Å²) >= 11 is 0. The molecule has 1 amide bonds. The predicted octanol–water partition coefficient (Wildman–Crippen LogP) is 0.526. The fourth-order valence-corrected chi connectivity index (χ4v) is 1.68. The van der Waals surface area contributed by atoms with Crippen LogP contribution in [0.2, 0.25) is 0 Å². The zero-order chi connectivity index (χ0) is 10.7. The Balaban J connectivity index is 2.15. The van der Waals surface area contributed by atoms with Gasteiger partial charge in [0.2, 0.25) is 0 Å². The van der Waals surface area contributed by atoms with Crippen LogP contribution in [0.5, 0.6) is 5.75 Å². The zero-order valence-corrected chi connectivity index (χ0v) is 8.40. The molecule has 1 saturated heterocycles. The van der Waals surface area contributed by atoms with Gasteiger partial charge in [-0.25, -0.2) is 0 Å². The number of nitrogens with one attached hydrogen (secondary N) is 1. The SMILES string of the molecule is NC(=O)c1ccccc1O[C@@H]1CCNC1. The van der Waals surface area contributed by atoms with E-state index < -0.39 is 5.91 Å². The molecule has 0 unspecified atom stereocenters. The quantitative estimate of drug-likeness (QED) is 0.758. The molecule has 1 fully saturated rings. The second kappa shape index (κ2) is 4.31. The van der Waals surface area contributed by atoms with E-state index in [1.807, 2.05) is 6.07 Å². The van der Waals surface area contributed by atoms with Crippen LogP contribution in [0.25, 0.3) is 0 Å². The number of nitrogens with two attached hydrogens (primary N) is 1. The third-order valence-corrected chi connectivity index (χ3v) is 2.46. The number of primary amides is 1. The summed E-state index contributed by atoms with van der Waals surface area (Å²) in [7, 11) is 0. The van der Waals surface area contributed by atoms with Crippen LogP contribution in [0.1, 0.15) is 16.8 Å². The van der Waals surface area contributed by atoms with Gasteiger partial charge in [-0.2, -0.15) is 0 Å². The number of hydrogen-bond donors (Lipinski definition) is 2. The molecule has 0 bridgehead atoms. The van der Waals surface area contributed by atoms with E-state index in [9.17, 15) is 4.79 Å². The summed E-state index contributed by atoms with van der Waals surface area (Å²) in [6, 6.07) is 7.07. The average molecular weight is 206 g/mol. The summed E-state index contributed by atoms with van der Waals surface area (Å²) in [5, 5.41) is 3.20. The fourth-order valence-electron chi connectivity index (χ4n) is 1.68. The van der Waals surface area contributed by atoms with Crippen LogP contribution < -0.4 is 15.8 Å². The molecule has 1 aliphatic rings. The van der Waals surface area contributed by atoms with Crippen LogP contribution in [0.15, 0.2) is 24.3 Å². The molecule has 1 aromatic rings. The molecular formula is C11H14N2O2. The van der Waals surface area contributed by atoms with E-state index in [2.05, 4.69) is 5.32 Å². The van der Waals surface area contributed by atoms with Gasteiger partial charge < -0.3 is 15.8 Å². The van der Waals surface area contributed by atoms with E-state index >= 15 is 0 Å². The molecule has 0 aromatic heterocycles. The molecule has 4 heteroatoms. The normalized spacial score (nSPS) is 20.1. The standard InChI is InChI=1S/C11H14N2O2/c12-11(14)9-3-1-2-4-10(9)15-8-5-6-13-7-8/h1-4,8,13H,5-7H2,(H2,12,14)/t8-/m1/s1. The molecule has 0 saturated carbocycles. The van der Waals surface area contributed by atoms with Crippen molar-refractivity contribution in [2.24, 2.45) is 5.73 Å². The molecule has 4 nitrogen and oxygen atoms in total. The van der Waals surface area contributed by atoms with Crippen molar-refractivity contribution in [2.45, 2.75) is 12.5 Å². The highest BCUT2D eigenvalue weighted by atomic mass is 16.5. The van der Waals surface area contributed by atoms with Gasteiger partial charge in [-0.15, -0.1) is 0 Å². The van der Waals surface area contributed by atoms with Crippen molar-refractivity contribution in [1.29, 1.82) is 0 Å². The Bertz CT molecular complexity index is 359. The van der Waals surface area contributed by atoms with Crippen molar-refractivity contribution >= 4 is 5.91 Å². The van der Waals surface area contributed by atoms with E-state index in [1.54, 1.807) is 18.2 Å². The van der Waals surface area contributed by atoms with Crippen molar-refractivity contribution < 1.29 is 9.53 Å². The number of rotatable bonds is 3. The first kappa shape index (κ1) is 9.98. The van der Waals surface area contributed by atoms with Gasteiger partial charge >= 0.3 is 0 Å². The van der Waals surface area contributed by atoms with Gasteiger partial charge in [0.25, 0.3) is 5.91 Å². The summed E-state index contributed by atoms with van der Waals surface area (Å²) in [5.41, 5.74) is 5.70. The Labute approximate surface area is 88.4 Å². The Morgan fingerprint density at radius 1 is 1.47 bits per heavy atom. The number of carbonyl (C=O) groups excluding carboxylic acids is 1. The molecule has 2 rings (SSSR count). The molecule has 15 heavy (non-hydrogen) atoms. The topological polar surface area (TPSA) is 64.4 Å². The van der Waals surface area contributed by atoms with E-state index in [1.165, 1.54) is 0 Å². The van der Waals surface area contributed by atoms with Gasteiger partial charge in [0.1, 0.15) is 11.9 Å². The van der Waals surface area contributed by atoms with Crippen LogP contribution >= 0.6 is 0 Å². The maximum absolute atomic E-state index is 11.1. The smallest absolute Gasteiger partial charge is 0.252 e. The Morgan fingerprint density at radius 2 is 2.27 bits per heavy atom. The van der Waals surface area contributed by atoms with Gasteiger partial charge in [-0.3, -0.25) is 4.79 Å². The van der Waals surface area contributed by atoms with Crippen molar-refractivity contribution in [1.82, 2.24) is 5.32 Å². The minimum atomic E-state index is -0.448. The molecule has 3 N–H and O–H groups in total. The highest BCUT2D eigenvalue weighted by Gasteiger charge is 2.18. The van der Waals surface area contributed by atoms with Crippen LogP contribution in [0.3, 0.4) is 0 Å². The maximum Gasteiger partial charge on any atom is 0.252 e. The molecule has 1 aliphatic heterocycles. The summed E-state index contributed by atoms with van der Waals surface area (Å²) < 4.78 is 5.70. The minimum Gasteiger partial charge on any atom is -0.488 e. The van der Waals surface area contributed by atoms with Gasteiger partial charge in [-0.05, 0) is 25.1 Å². The van der Waals surface area contributed by atoms with Crippen LogP contribution in [-0.2, 0) is 0 Å². The van der Waals surface area contributed by atoms with Gasteiger partial charge in [0.05, 0.1) is 5.56 Å². The molecular weight excluding hydrogens is 192 g/mol. The van der Waals surface area contributed by atoms with Gasteiger partial charge in [-0.1, -0.05) is 12.1 Å². The van der Waals surface area contributed by atoms with E-state index in [0.717, 1.165) is 19.5 Å². The maximum atomic E-state index is 11.1. The predicted molar refractivity (Wildman–Crippen MR) is 56.9 cm³/mol.